The van der Waals surface area contributed by atoms with E-state index in [4.69, 9.17) is 18.6 Å². The zero-order valence-electron chi connectivity index (χ0n) is 21.6. The van der Waals surface area contributed by atoms with E-state index in [1.54, 1.807) is 0 Å². The van der Waals surface area contributed by atoms with Crippen LogP contribution in [0.2, 0.25) is 0 Å². The van der Waals surface area contributed by atoms with Crippen LogP contribution in [0.1, 0.15) is 25.5 Å². The number of rotatable bonds is 4. The highest BCUT2D eigenvalue weighted by Crippen LogP contribution is 2.45. The van der Waals surface area contributed by atoms with Gasteiger partial charge in [-0.3, -0.25) is 9.59 Å². The maximum Gasteiger partial charge on any atom is 0.197 e. The van der Waals surface area contributed by atoms with E-state index < -0.39 is 100 Å². The Balaban J connectivity index is 1.58. The van der Waals surface area contributed by atoms with E-state index in [9.17, 15) is 50.4 Å². The molecule has 2 saturated heterocycles. The molecule has 0 aliphatic carbocycles. The Morgan fingerprint density at radius 2 is 1.49 bits per heavy atom. The first-order chi connectivity index (χ1) is 19.3. The number of phenols is 4. The molecule has 41 heavy (non-hydrogen) atoms. The number of Topliss-reactive ketones (excluding diaryl/α,β-unsaturated/α-hetero) is 1. The van der Waals surface area contributed by atoms with Gasteiger partial charge in [0.2, 0.25) is 0 Å². The molecule has 220 valence electrons. The van der Waals surface area contributed by atoms with Crippen LogP contribution >= 0.6 is 0 Å². The van der Waals surface area contributed by atoms with E-state index in [1.807, 2.05) is 0 Å². The molecule has 14 nitrogen and oxygen atoms in total. The van der Waals surface area contributed by atoms with Crippen molar-refractivity contribution in [3.8, 4) is 34.3 Å². The average Bonchev–Trinajstić information content (AvgIpc) is 2.92. The fourth-order valence-corrected chi connectivity index (χ4v) is 4.96. The van der Waals surface area contributed by atoms with Crippen molar-refractivity contribution in [1.82, 2.24) is 0 Å². The molecular weight excluding hydrogens is 548 g/mol. The van der Waals surface area contributed by atoms with Crippen LogP contribution in [0.3, 0.4) is 0 Å². The average molecular weight is 577 g/mol. The van der Waals surface area contributed by atoms with Crippen molar-refractivity contribution in [3.63, 3.8) is 0 Å². The molecule has 8 N–H and O–H groups in total. The number of aromatic hydroxyl groups is 4. The number of fused-ring (bicyclic) bond motifs is 1. The summed E-state index contributed by atoms with van der Waals surface area (Å²) in [6.07, 6.45) is -14.1. The number of ketones is 1. The van der Waals surface area contributed by atoms with Gasteiger partial charge < -0.3 is 59.5 Å². The van der Waals surface area contributed by atoms with Crippen molar-refractivity contribution in [1.29, 1.82) is 0 Å². The van der Waals surface area contributed by atoms with Gasteiger partial charge in [-0.05, 0) is 32.0 Å². The molecule has 1 aromatic heterocycles. The van der Waals surface area contributed by atoms with Crippen LogP contribution in [0.4, 0.5) is 0 Å². The molecule has 3 aromatic rings. The third kappa shape index (κ3) is 4.89. The summed E-state index contributed by atoms with van der Waals surface area (Å²) in [5, 5.41) is 82.0. The highest BCUT2D eigenvalue weighted by Gasteiger charge is 2.50. The molecule has 3 heterocycles. The van der Waals surface area contributed by atoms with Gasteiger partial charge in [0.05, 0.1) is 17.8 Å². The van der Waals surface area contributed by atoms with Crippen LogP contribution in [0.25, 0.3) is 22.3 Å². The minimum absolute atomic E-state index is 0.0651. The quantitative estimate of drug-likeness (QED) is 0.189. The van der Waals surface area contributed by atoms with Gasteiger partial charge in [0, 0.05) is 17.7 Å². The molecule has 2 fully saturated rings. The van der Waals surface area contributed by atoms with Gasteiger partial charge in [-0.2, -0.15) is 0 Å². The summed E-state index contributed by atoms with van der Waals surface area (Å²) in [5.41, 5.74) is -1.32. The van der Waals surface area contributed by atoms with Gasteiger partial charge >= 0.3 is 0 Å². The lowest BCUT2D eigenvalue weighted by atomic mass is 9.90. The summed E-state index contributed by atoms with van der Waals surface area (Å²) in [5.74, 6) is -3.42. The molecule has 0 saturated carbocycles. The number of aliphatic hydroxyl groups is 4. The van der Waals surface area contributed by atoms with Crippen molar-refractivity contribution >= 4 is 16.8 Å². The van der Waals surface area contributed by atoms with Crippen molar-refractivity contribution in [2.45, 2.75) is 69.0 Å². The number of carbonyl (C=O) groups excluding carboxylic acids is 1. The van der Waals surface area contributed by atoms with Crippen LogP contribution in [0.5, 0.6) is 23.0 Å². The van der Waals surface area contributed by atoms with Crippen LogP contribution in [0.15, 0.2) is 39.5 Å². The second-order valence-electron chi connectivity index (χ2n) is 10.1. The highest BCUT2D eigenvalue weighted by molar-refractivity contribution is 5.92. The summed E-state index contributed by atoms with van der Waals surface area (Å²) >= 11 is 0. The lowest BCUT2D eigenvalue weighted by Gasteiger charge is -2.43. The van der Waals surface area contributed by atoms with E-state index >= 15 is 0 Å². The van der Waals surface area contributed by atoms with Gasteiger partial charge in [-0.25, -0.2) is 0 Å². The highest BCUT2D eigenvalue weighted by atomic mass is 16.7. The maximum absolute atomic E-state index is 13.1. The van der Waals surface area contributed by atoms with Crippen molar-refractivity contribution < 1.29 is 64.3 Å². The zero-order chi connectivity index (χ0) is 29.9. The van der Waals surface area contributed by atoms with Gasteiger partial charge in [0.15, 0.2) is 35.1 Å². The number of ether oxygens (including phenoxy) is 3. The maximum atomic E-state index is 13.1. The Kier molecular flexibility index (Phi) is 7.42. The van der Waals surface area contributed by atoms with Crippen LogP contribution in [-0.4, -0.2) is 95.7 Å². The molecule has 2 aromatic carbocycles. The molecule has 2 aliphatic rings. The minimum Gasteiger partial charge on any atom is -0.507 e. The van der Waals surface area contributed by atoms with E-state index in [0.717, 1.165) is 18.2 Å². The summed E-state index contributed by atoms with van der Waals surface area (Å²) in [4.78, 5) is 26.3. The number of hydrogen-bond donors (Lipinski definition) is 8. The first-order valence-electron chi connectivity index (χ1n) is 12.6. The Morgan fingerprint density at radius 3 is 2.17 bits per heavy atom. The lowest BCUT2D eigenvalue weighted by Crippen LogP contribution is -2.60. The Labute approximate surface area is 230 Å². The topological polar surface area (TPSA) is 237 Å². The van der Waals surface area contributed by atoms with Gasteiger partial charge in [-0.15, -0.1) is 0 Å². The van der Waals surface area contributed by atoms with E-state index in [0.29, 0.717) is 0 Å². The van der Waals surface area contributed by atoms with Gasteiger partial charge in [-0.1, -0.05) is 0 Å². The lowest BCUT2D eigenvalue weighted by molar-refractivity contribution is -0.314. The largest absolute Gasteiger partial charge is 0.507 e. The summed E-state index contributed by atoms with van der Waals surface area (Å²) in [6, 6.07) is 5.67. The molecule has 2 unspecified atom stereocenters. The molecule has 14 heteroatoms. The van der Waals surface area contributed by atoms with Crippen LogP contribution < -0.4 is 5.43 Å². The zero-order valence-corrected chi connectivity index (χ0v) is 21.6. The second-order valence-corrected chi connectivity index (χ2v) is 10.1. The number of aliphatic hydroxyl groups excluding tert-OH is 4. The summed E-state index contributed by atoms with van der Waals surface area (Å²) < 4.78 is 22.5. The Bertz CT molecular complexity index is 1550. The predicted molar refractivity (Wildman–Crippen MR) is 136 cm³/mol. The normalized spacial score (nSPS) is 32.3. The van der Waals surface area contributed by atoms with Crippen LogP contribution in [0, 0.1) is 0 Å². The van der Waals surface area contributed by atoms with E-state index in [2.05, 4.69) is 0 Å². The summed E-state index contributed by atoms with van der Waals surface area (Å²) in [7, 11) is 0. The molecular formula is C27H28O14. The fourth-order valence-electron chi connectivity index (χ4n) is 4.96. The smallest absolute Gasteiger partial charge is 0.197 e. The third-order valence-corrected chi connectivity index (χ3v) is 7.30. The number of carbonyl (C=O) groups is 1. The monoisotopic (exact) mass is 576 g/mol. The Hall–Kier alpha value is -3.76. The van der Waals surface area contributed by atoms with Crippen LogP contribution in [-0.2, 0) is 19.0 Å². The fraction of sp³-hybridized carbons (Fsp3) is 0.407. The second kappa shape index (κ2) is 10.6. The van der Waals surface area contributed by atoms with E-state index in [1.165, 1.54) is 26.0 Å². The van der Waals surface area contributed by atoms with E-state index in [-0.39, 0.29) is 16.9 Å². The summed E-state index contributed by atoms with van der Waals surface area (Å²) in [6.45, 7) is 2.74. The molecule has 0 spiro atoms. The number of benzene rings is 2. The molecule has 9 atom stereocenters. The molecule has 0 amide bonds. The van der Waals surface area contributed by atoms with Crippen molar-refractivity contribution in [2.75, 3.05) is 0 Å². The number of phenolic OH excluding ortho intramolecular Hbond substituents is 4. The third-order valence-electron chi connectivity index (χ3n) is 7.30. The van der Waals surface area contributed by atoms with Crippen molar-refractivity contribution in [2.24, 2.45) is 0 Å². The Morgan fingerprint density at radius 1 is 0.780 bits per heavy atom. The first-order valence-corrected chi connectivity index (χ1v) is 12.6. The molecule has 2 aliphatic heterocycles. The number of hydrogen-bond acceptors (Lipinski definition) is 14. The minimum atomic E-state index is -1.82. The SMILES string of the molecule is CC1O[C@H](c2c(O)cc3oc(-c4ccc(O)c(O)c4)cc(=O)c3c2O)[C@@H](O[C@@H]2OC(C)[C@H](O)[C@@H](O)[C@H]2O)C(=O)[C@H]1O. The molecule has 0 radical (unpaired) electrons. The van der Waals surface area contributed by atoms with Gasteiger partial charge in [0.1, 0.15) is 58.7 Å². The molecule has 5 rings (SSSR count). The predicted octanol–water partition coefficient (Wildman–Crippen LogP) is -0.115. The molecule has 0 bridgehead atoms. The standard InChI is InChI=1S/C27H28O14/c1-8-20(33)23(36)26(41-27-24(37)22(35)19(32)9(2)39-27)25(38-8)18-14(31)7-16-17(21(18)34)13(30)6-15(40-16)10-3-4-11(28)12(29)5-10/h3-9,19-20,22,24-29,31-35,37H,1-2H3/t8?,9?,19-,20-,22+,24+,25+,26-,27-/m0/s1. The first kappa shape index (κ1) is 28.8. The van der Waals surface area contributed by atoms with Crippen molar-refractivity contribution in [3.05, 3.63) is 46.1 Å². The van der Waals surface area contributed by atoms with Gasteiger partial charge in [0.25, 0.3) is 0 Å².